The van der Waals surface area contributed by atoms with Crippen molar-refractivity contribution in [3.05, 3.63) is 62.4 Å². The normalized spacial score (nSPS) is 16.4. The third kappa shape index (κ3) is 3.32. The monoisotopic (exact) mass is 523 g/mol. The van der Waals surface area contributed by atoms with Gasteiger partial charge >= 0.3 is 0 Å². The van der Waals surface area contributed by atoms with E-state index in [2.05, 4.69) is 30.9 Å². The Kier molecular flexibility index (Phi) is 5.14. The van der Waals surface area contributed by atoms with E-state index in [-0.39, 0.29) is 17.4 Å². The van der Waals surface area contributed by atoms with Gasteiger partial charge in [0.25, 0.3) is 11.5 Å². The molecule has 174 valence electrons. The molecular weight excluding hydrogens is 502 g/mol. The van der Waals surface area contributed by atoms with Crippen LogP contribution in [0.5, 0.6) is 5.88 Å². The van der Waals surface area contributed by atoms with Crippen LogP contribution in [0, 0.1) is 0 Å². The van der Waals surface area contributed by atoms with Crippen LogP contribution >= 0.6 is 15.9 Å². The summed E-state index contributed by atoms with van der Waals surface area (Å²) in [6.45, 7) is 1.92. The van der Waals surface area contributed by atoms with Crippen LogP contribution in [0.4, 0.5) is 5.69 Å². The number of nitrogens with zero attached hydrogens (tertiary/aromatic N) is 4. The highest BCUT2D eigenvalue weighted by molar-refractivity contribution is 9.10. The number of halogens is 1. The predicted octanol–water partition coefficient (Wildman–Crippen LogP) is 3.44. The summed E-state index contributed by atoms with van der Waals surface area (Å²) in [5.74, 6) is 1.44. The molecule has 2 aliphatic rings. The van der Waals surface area contributed by atoms with Gasteiger partial charge in [0.2, 0.25) is 5.88 Å². The van der Waals surface area contributed by atoms with E-state index in [0.29, 0.717) is 46.7 Å². The molecule has 2 aliphatic heterocycles. The van der Waals surface area contributed by atoms with E-state index in [4.69, 9.17) is 9.47 Å². The standard InChI is InChI=1S/C24H22BrN5O4/c1-33-21-8-14-2-5-29(19(14)11-26-21)24(32)15-9-17-18(10-16(15)25)30-20(23(31)28-17)12-27-22(30)13-3-6-34-7-4-13/h8-13H,2-7H2,1H3,(H,28,31). The zero-order chi connectivity index (χ0) is 23.4. The first-order chi connectivity index (χ1) is 16.5. The van der Waals surface area contributed by atoms with E-state index >= 15 is 0 Å². The number of imidazole rings is 1. The molecule has 0 spiro atoms. The molecule has 4 aromatic rings. The number of methoxy groups -OCH3 is 1. The van der Waals surface area contributed by atoms with Gasteiger partial charge in [0.05, 0.1) is 41.8 Å². The number of aromatic nitrogens is 4. The van der Waals surface area contributed by atoms with Crippen LogP contribution < -0.4 is 15.2 Å². The number of benzene rings is 1. The van der Waals surface area contributed by atoms with Gasteiger partial charge in [-0.1, -0.05) is 0 Å². The predicted molar refractivity (Wildman–Crippen MR) is 130 cm³/mol. The van der Waals surface area contributed by atoms with Crippen molar-refractivity contribution in [2.45, 2.75) is 25.2 Å². The summed E-state index contributed by atoms with van der Waals surface area (Å²) in [4.78, 5) is 39.9. The van der Waals surface area contributed by atoms with Crippen LogP contribution in [0.3, 0.4) is 0 Å². The Labute approximate surface area is 202 Å². The molecule has 1 amide bonds. The zero-order valence-electron chi connectivity index (χ0n) is 18.5. The average Bonchev–Trinajstić information content (AvgIpc) is 3.49. The fourth-order valence-corrected chi connectivity index (χ4v) is 5.45. The van der Waals surface area contributed by atoms with Crippen LogP contribution in [0.25, 0.3) is 16.6 Å². The maximum absolute atomic E-state index is 13.6. The van der Waals surface area contributed by atoms with Crippen LogP contribution in [-0.2, 0) is 11.2 Å². The van der Waals surface area contributed by atoms with Crippen molar-refractivity contribution in [1.82, 2.24) is 19.4 Å². The first-order valence-electron chi connectivity index (χ1n) is 11.2. The van der Waals surface area contributed by atoms with Gasteiger partial charge in [-0.05, 0) is 52.9 Å². The number of aromatic amines is 1. The summed E-state index contributed by atoms with van der Waals surface area (Å²) < 4.78 is 13.3. The lowest BCUT2D eigenvalue weighted by atomic mass is 9.99. The maximum Gasteiger partial charge on any atom is 0.274 e. The van der Waals surface area contributed by atoms with Crippen LogP contribution in [0.2, 0.25) is 0 Å². The van der Waals surface area contributed by atoms with Crippen LogP contribution in [0.15, 0.2) is 39.9 Å². The van der Waals surface area contributed by atoms with Gasteiger partial charge in [-0.2, -0.15) is 0 Å². The molecule has 1 N–H and O–H groups in total. The summed E-state index contributed by atoms with van der Waals surface area (Å²) in [6, 6.07) is 5.49. The smallest absolute Gasteiger partial charge is 0.274 e. The number of hydrogen-bond donors (Lipinski definition) is 1. The first kappa shape index (κ1) is 21.3. The number of H-pyrrole nitrogens is 1. The SMILES string of the molecule is COc1cc2c(cn1)N(C(=O)c1cc3[nH]c(=O)c4cnc(C5CCOCC5)n4c3cc1Br)CC2. The molecule has 1 saturated heterocycles. The average molecular weight is 524 g/mol. The molecule has 0 aliphatic carbocycles. The van der Waals surface area contributed by atoms with E-state index in [1.165, 1.54) is 0 Å². The van der Waals surface area contributed by atoms with E-state index in [9.17, 15) is 9.59 Å². The molecule has 0 atom stereocenters. The minimum atomic E-state index is -0.234. The van der Waals surface area contributed by atoms with Gasteiger partial charge in [-0.15, -0.1) is 0 Å². The van der Waals surface area contributed by atoms with Gasteiger partial charge < -0.3 is 19.4 Å². The summed E-state index contributed by atoms with van der Waals surface area (Å²) >= 11 is 3.61. The Bertz CT molecular complexity index is 1510. The molecule has 0 bridgehead atoms. The second kappa shape index (κ2) is 8.21. The van der Waals surface area contributed by atoms with Crippen LogP contribution in [-0.4, -0.2) is 52.1 Å². The number of pyridine rings is 1. The molecule has 0 radical (unpaired) electrons. The molecule has 6 rings (SSSR count). The summed E-state index contributed by atoms with van der Waals surface area (Å²) in [6.07, 6.45) is 5.74. The van der Waals surface area contributed by atoms with Crippen molar-refractivity contribution in [1.29, 1.82) is 0 Å². The fraction of sp³-hybridized carbons (Fsp3) is 0.333. The second-order valence-corrected chi connectivity index (χ2v) is 9.44. The third-order valence-corrected chi connectivity index (χ3v) is 7.36. The summed E-state index contributed by atoms with van der Waals surface area (Å²) in [7, 11) is 1.57. The Morgan fingerprint density at radius 3 is 2.79 bits per heavy atom. The largest absolute Gasteiger partial charge is 0.481 e. The quantitative estimate of drug-likeness (QED) is 0.441. The molecule has 9 nitrogen and oxygen atoms in total. The Balaban J connectivity index is 1.45. The highest BCUT2D eigenvalue weighted by Gasteiger charge is 2.29. The van der Waals surface area contributed by atoms with Crippen molar-refractivity contribution in [2.24, 2.45) is 0 Å². The van der Waals surface area contributed by atoms with Crippen molar-refractivity contribution in [3.63, 3.8) is 0 Å². The molecule has 0 saturated carbocycles. The summed E-state index contributed by atoms with van der Waals surface area (Å²) in [5, 5.41) is 0. The maximum atomic E-state index is 13.6. The first-order valence-corrected chi connectivity index (χ1v) is 12.0. The van der Waals surface area contributed by atoms with Gasteiger partial charge in [0, 0.05) is 36.2 Å². The Morgan fingerprint density at radius 2 is 2.00 bits per heavy atom. The second-order valence-electron chi connectivity index (χ2n) is 8.59. The molecule has 1 aromatic carbocycles. The Hall–Kier alpha value is -3.24. The highest BCUT2D eigenvalue weighted by atomic mass is 79.9. The van der Waals surface area contributed by atoms with E-state index in [1.807, 2.05) is 16.5 Å². The zero-order valence-corrected chi connectivity index (χ0v) is 20.1. The van der Waals surface area contributed by atoms with Crippen molar-refractivity contribution in [3.8, 4) is 5.88 Å². The number of amides is 1. The molecule has 1 fully saturated rings. The van der Waals surface area contributed by atoms with Crippen molar-refractivity contribution >= 4 is 44.1 Å². The number of anilines is 1. The minimum Gasteiger partial charge on any atom is -0.481 e. The molecule has 0 unspecified atom stereocenters. The number of fused-ring (bicyclic) bond motifs is 4. The molecule has 5 heterocycles. The number of rotatable bonds is 3. The number of nitrogens with one attached hydrogen (secondary N) is 1. The number of carbonyl (C=O) groups excluding carboxylic acids is 1. The van der Waals surface area contributed by atoms with Gasteiger partial charge in [0.1, 0.15) is 11.3 Å². The molecular formula is C24H22BrN5O4. The van der Waals surface area contributed by atoms with E-state index < -0.39 is 0 Å². The number of carbonyl (C=O) groups is 1. The van der Waals surface area contributed by atoms with E-state index in [0.717, 1.165) is 41.9 Å². The van der Waals surface area contributed by atoms with Gasteiger partial charge in [-0.3, -0.25) is 14.0 Å². The highest BCUT2D eigenvalue weighted by Crippen LogP contribution is 2.34. The Morgan fingerprint density at radius 1 is 1.18 bits per heavy atom. The lowest BCUT2D eigenvalue weighted by Gasteiger charge is -2.22. The van der Waals surface area contributed by atoms with Crippen molar-refractivity contribution < 1.29 is 14.3 Å². The van der Waals surface area contributed by atoms with Crippen LogP contribution in [0.1, 0.15) is 40.5 Å². The van der Waals surface area contributed by atoms with E-state index in [1.54, 1.807) is 30.5 Å². The number of hydrogen-bond acceptors (Lipinski definition) is 6. The molecule has 10 heteroatoms. The minimum absolute atomic E-state index is 0.157. The van der Waals surface area contributed by atoms with Crippen molar-refractivity contribution in [2.75, 3.05) is 31.8 Å². The topological polar surface area (TPSA) is 102 Å². The lowest BCUT2D eigenvalue weighted by molar-refractivity contribution is 0.0835. The lowest BCUT2D eigenvalue weighted by Crippen LogP contribution is -2.29. The number of ether oxygens (including phenoxy) is 2. The van der Waals surface area contributed by atoms with Gasteiger partial charge in [-0.25, -0.2) is 9.97 Å². The molecule has 34 heavy (non-hydrogen) atoms. The third-order valence-electron chi connectivity index (χ3n) is 6.70. The fourth-order valence-electron chi connectivity index (χ4n) is 4.95. The molecule has 3 aromatic heterocycles. The van der Waals surface area contributed by atoms with Gasteiger partial charge in [0.15, 0.2) is 0 Å². The summed E-state index contributed by atoms with van der Waals surface area (Å²) in [5.41, 5.74) is 3.91.